The molecule has 2 aromatic rings. The molecule has 0 saturated carbocycles. The smallest absolute Gasteiger partial charge is 0.131 e. The van der Waals surface area contributed by atoms with Gasteiger partial charge in [0.1, 0.15) is 17.2 Å². The quantitative estimate of drug-likeness (QED) is 0.892. The molecule has 0 aliphatic heterocycles. The highest BCUT2D eigenvalue weighted by Crippen LogP contribution is 2.29. The van der Waals surface area contributed by atoms with Crippen molar-refractivity contribution in [1.29, 1.82) is 0 Å². The summed E-state index contributed by atoms with van der Waals surface area (Å²) in [6, 6.07) is 13.6. The number of hydrogen-bond acceptors (Lipinski definition) is 3. The minimum atomic E-state index is 0.136. The molecule has 2 rings (SSSR count). The first-order valence-corrected chi connectivity index (χ1v) is 7.23. The van der Waals surface area contributed by atoms with Crippen LogP contribution in [0.2, 0.25) is 0 Å². The second-order valence-corrected chi connectivity index (χ2v) is 5.57. The molecule has 0 spiro atoms. The Balaban J connectivity index is 2.15. The van der Waals surface area contributed by atoms with E-state index in [0.29, 0.717) is 0 Å². The molecule has 0 aliphatic carbocycles. The summed E-state index contributed by atoms with van der Waals surface area (Å²) in [6.45, 7) is 1.99. The van der Waals surface area contributed by atoms with E-state index in [1.165, 1.54) is 5.56 Å². The molecular formula is C16H18BrNO2. The second kappa shape index (κ2) is 6.77. The fourth-order valence-electron chi connectivity index (χ4n) is 1.90. The van der Waals surface area contributed by atoms with Crippen molar-refractivity contribution in [2.24, 2.45) is 5.73 Å². The molecule has 0 aromatic heterocycles. The van der Waals surface area contributed by atoms with Crippen molar-refractivity contribution in [1.82, 2.24) is 0 Å². The Kier molecular flexibility index (Phi) is 5.04. The highest BCUT2D eigenvalue weighted by molar-refractivity contribution is 9.10. The molecule has 0 fully saturated rings. The van der Waals surface area contributed by atoms with Crippen LogP contribution in [0.25, 0.3) is 0 Å². The molecule has 1 unspecified atom stereocenters. The zero-order chi connectivity index (χ0) is 14.5. The van der Waals surface area contributed by atoms with Gasteiger partial charge >= 0.3 is 0 Å². The largest absolute Gasteiger partial charge is 0.497 e. The lowest BCUT2D eigenvalue weighted by Gasteiger charge is -2.11. The number of hydrogen-bond donors (Lipinski definition) is 1. The van der Waals surface area contributed by atoms with Gasteiger partial charge in [-0.25, -0.2) is 0 Å². The third-order valence-electron chi connectivity index (χ3n) is 2.84. The van der Waals surface area contributed by atoms with Crippen LogP contribution < -0.4 is 15.2 Å². The fourth-order valence-corrected chi connectivity index (χ4v) is 2.42. The van der Waals surface area contributed by atoms with E-state index in [-0.39, 0.29) is 6.04 Å². The summed E-state index contributed by atoms with van der Waals surface area (Å²) >= 11 is 3.56. The van der Waals surface area contributed by atoms with E-state index >= 15 is 0 Å². The summed E-state index contributed by atoms with van der Waals surface area (Å²) < 4.78 is 12.0. The zero-order valence-corrected chi connectivity index (χ0v) is 13.2. The predicted octanol–water partition coefficient (Wildman–Crippen LogP) is 4.14. The van der Waals surface area contributed by atoms with Crippen molar-refractivity contribution in [2.45, 2.75) is 19.4 Å². The Hall–Kier alpha value is -1.52. The van der Waals surface area contributed by atoms with Crippen molar-refractivity contribution < 1.29 is 9.47 Å². The Morgan fingerprint density at radius 1 is 1.10 bits per heavy atom. The standard InChI is InChI=1S/C16H18BrNO2/c1-11(18)8-12-6-7-15(10-16(12)17)20-14-5-3-4-13(9-14)19-2/h3-7,9-11H,8,18H2,1-2H3. The van der Waals surface area contributed by atoms with Gasteiger partial charge < -0.3 is 15.2 Å². The van der Waals surface area contributed by atoms with Crippen molar-refractivity contribution >= 4 is 15.9 Å². The molecule has 0 bridgehead atoms. The van der Waals surface area contributed by atoms with E-state index < -0.39 is 0 Å². The SMILES string of the molecule is COc1cccc(Oc2ccc(CC(C)N)c(Br)c2)c1. The van der Waals surface area contributed by atoms with Crippen LogP contribution in [-0.2, 0) is 6.42 Å². The fraction of sp³-hybridized carbons (Fsp3) is 0.250. The molecule has 0 amide bonds. The third kappa shape index (κ3) is 3.99. The van der Waals surface area contributed by atoms with Crippen molar-refractivity contribution in [3.8, 4) is 17.2 Å². The number of rotatable bonds is 5. The molecule has 1 atom stereocenters. The summed E-state index contributed by atoms with van der Waals surface area (Å²) in [5.41, 5.74) is 7.00. The van der Waals surface area contributed by atoms with E-state index in [9.17, 15) is 0 Å². The van der Waals surface area contributed by atoms with Crippen LogP contribution in [0, 0.1) is 0 Å². The van der Waals surface area contributed by atoms with Gasteiger partial charge in [0.2, 0.25) is 0 Å². The van der Waals surface area contributed by atoms with Crippen LogP contribution in [0.1, 0.15) is 12.5 Å². The van der Waals surface area contributed by atoms with E-state index in [4.69, 9.17) is 15.2 Å². The van der Waals surface area contributed by atoms with Crippen LogP contribution >= 0.6 is 15.9 Å². The normalized spacial score (nSPS) is 12.0. The average molecular weight is 336 g/mol. The van der Waals surface area contributed by atoms with Crippen LogP contribution in [0.15, 0.2) is 46.9 Å². The third-order valence-corrected chi connectivity index (χ3v) is 3.58. The maximum atomic E-state index is 5.82. The Labute approximate surface area is 127 Å². The van der Waals surface area contributed by atoms with E-state index in [0.717, 1.165) is 28.1 Å². The highest BCUT2D eigenvalue weighted by atomic mass is 79.9. The topological polar surface area (TPSA) is 44.5 Å². The zero-order valence-electron chi connectivity index (χ0n) is 11.6. The number of methoxy groups -OCH3 is 1. The molecule has 0 radical (unpaired) electrons. The van der Waals surface area contributed by atoms with E-state index in [1.54, 1.807) is 7.11 Å². The van der Waals surface area contributed by atoms with E-state index in [1.807, 2.05) is 49.4 Å². The maximum Gasteiger partial charge on any atom is 0.131 e. The molecule has 0 saturated heterocycles. The lowest BCUT2D eigenvalue weighted by molar-refractivity contribution is 0.409. The van der Waals surface area contributed by atoms with Crippen molar-refractivity contribution in [3.63, 3.8) is 0 Å². The monoisotopic (exact) mass is 335 g/mol. The van der Waals surface area contributed by atoms with Gasteiger partial charge in [-0.3, -0.25) is 0 Å². The van der Waals surface area contributed by atoms with Gasteiger partial charge in [0.15, 0.2) is 0 Å². The Morgan fingerprint density at radius 2 is 1.80 bits per heavy atom. The maximum absolute atomic E-state index is 5.82. The van der Waals surface area contributed by atoms with Crippen LogP contribution in [0.5, 0.6) is 17.2 Å². The molecule has 0 aliphatic rings. The molecule has 3 nitrogen and oxygen atoms in total. The summed E-state index contributed by atoms with van der Waals surface area (Å²) in [7, 11) is 1.64. The summed E-state index contributed by atoms with van der Waals surface area (Å²) in [4.78, 5) is 0. The number of halogens is 1. The first-order valence-electron chi connectivity index (χ1n) is 6.44. The number of benzene rings is 2. The summed E-state index contributed by atoms with van der Waals surface area (Å²) in [6.07, 6.45) is 0.833. The summed E-state index contributed by atoms with van der Waals surface area (Å²) in [5, 5.41) is 0. The summed E-state index contributed by atoms with van der Waals surface area (Å²) in [5.74, 6) is 2.30. The van der Waals surface area contributed by atoms with Crippen molar-refractivity contribution in [2.75, 3.05) is 7.11 Å². The minimum Gasteiger partial charge on any atom is -0.497 e. The number of ether oxygens (including phenoxy) is 2. The van der Waals surface area contributed by atoms with Gasteiger partial charge in [-0.15, -0.1) is 0 Å². The molecule has 0 heterocycles. The lowest BCUT2D eigenvalue weighted by Crippen LogP contribution is -2.17. The van der Waals surface area contributed by atoms with Gasteiger partial charge in [0, 0.05) is 16.6 Å². The number of nitrogens with two attached hydrogens (primary N) is 1. The molecule has 2 N–H and O–H groups in total. The molecule has 4 heteroatoms. The average Bonchev–Trinajstić information content (AvgIpc) is 2.42. The Morgan fingerprint density at radius 3 is 2.45 bits per heavy atom. The van der Waals surface area contributed by atoms with Gasteiger partial charge in [0.05, 0.1) is 7.11 Å². The molecule has 20 heavy (non-hydrogen) atoms. The van der Waals surface area contributed by atoms with Gasteiger partial charge in [-0.2, -0.15) is 0 Å². The van der Waals surface area contributed by atoms with Gasteiger partial charge in [-0.1, -0.05) is 28.1 Å². The van der Waals surface area contributed by atoms with Crippen LogP contribution in [0.3, 0.4) is 0 Å². The molecule has 2 aromatic carbocycles. The minimum absolute atomic E-state index is 0.136. The van der Waals surface area contributed by atoms with Gasteiger partial charge in [-0.05, 0) is 43.2 Å². The molecule has 106 valence electrons. The Bertz CT molecular complexity index is 584. The van der Waals surface area contributed by atoms with Gasteiger partial charge in [0.25, 0.3) is 0 Å². The highest BCUT2D eigenvalue weighted by Gasteiger charge is 2.06. The first kappa shape index (κ1) is 14.9. The first-order chi connectivity index (χ1) is 9.58. The van der Waals surface area contributed by atoms with Crippen LogP contribution in [-0.4, -0.2) is 13.2 Å². The second-order valence-electron chi connectivity index (χ2n) is 4.72. The van der Waals surface area contributed by atoms with Crippen molar-refractivity contribution in [3.05, 3.63) is 52.5 Å². The van der Waals surface area contributed by atoms with E-state index in [2.05, 4.69) is 15.9 Å². The molecular weight excluding hydrogens is 318 g/mol. The lowest BCUT2D eigenvalue weighted by atomic mass is 10.1. The predicted molar refractivity (Wildman–Crippen MR) is 84.6 cm³/mol. The van der Waals surface area contributed by atoms with Crippen LogP contribution in [0.4, 0.5) is 0 Å².